The van der Waals surface area contributed by atoms with Crippen molar-refractivity contribution < 1.29 is 4.79 Å². The fourth-order valence-corrected chi connectivity index (χ4v) is 2.85. The van der Waals surface area contributed by atoms with Gasteiger partial charge in [0.05, 0.1) is 0 Å². The Morgan fingerprint density at radius 3 is 2.41 bits per heavy atom. The average Bonchev–Trinajstić information content (AvgIpc) is 2.40. The third kappa shape index (κ3) is 3.68. The van der Waals surface area contributed by atoms with Gasteiger partial charge in [0.15, 0.2) is 0 Å². The summed E-state index contributed by atoms with van der Waals surface area (Å²) in [5.41, 5.74) is 0. The standard InChI is InChI=1S/C13H25N3O/c1-2-13(17)16-7-3-12(4-8-16)11-15-9-5-14-6-10-15/h12,14H,2-11H2,1H3. The Morgan fingerprint density at radius 2 is 1.82 bits per heavy atom. The van der Waals surface area contributed by atoms with Gasteiger partial charge < -0.3 is 15.1 Å². The molecular weight excluding hydrogens is 214 g/mol. The monoisotopic (exact) mass is 239 g/mol. The van der Waals surface area contributed by atoms with E-state index < -0.39 is 0 Å². The number of piperidine rings is 1. The predicted octanol–water partition coefficient (Wildman–Crippen LogP) is 0.540. The lowest BCUT2D eigenvalue weighted by Gasteiger charge is -2.36. The Balaban J connectivity index is 1.69. The smallest absolute Gasteiger partial charge is 0.222 e. The van der Waals surface area contributed by atoms with E-state index in [1.807, 2.05) is 11.8 Å². The van der Waals surface area contributed by atoms with Gasteiger partial charge in [-0.05, 0) is 18.8 Å². The molecule has 0 radical (unpaired) electrons. The van der Waals surface area contributed by atoms with Crippen LogP contribution in [0.3, 0.4) is 0 Å². The number of nitrogens with zero attached hydrogens (tertiary/aromatic N) is 2. The maximum atomic E-state index is 11.6. The number of amides is 1. The van der Waals surface area contributed by atoms with Gasteiger partial charge in [0.1, 0.15) is 0 Å². The Hall–Kier alpha value is -0.610. The van der Waals surface area contributed by atoms with E-state index >= 15 is 0 Å². The van der Waals surface area contributed by atoms with Crippen molar-refractivity contribution in [3.05, 3.63) is 0 Å². The molecule has 98 valence electrons. The Labute approximate surface area is 104 Å². The summed E-state index contributed by atoms with van der Waals surface area (Å²) in [6.07, 6.45) is 3.04. The third-order valence-corrected chi connectivity index (χ3v) is 4.00. The van der Waals surface area contributed by atoms with E-state index in [1.54, 1.807) is 0 Å². The lowest BCUT2D eigenvalue weighted by Crippen LogP contribution is -2.47. The minimum atomic E-state index is 0.325. The highest BCUT2D eigenvalue weighted by molar-refractivity contribution is 5.75. The molecule has 2 saturated heterocycles. The quantitative estimate of drug-likeness (QED) is 0.781. The first kappa shape index (κ1) is 12.8. The summed E-state index contributed by atoms with van der Waals surface area (Å²) >= 11 is 0. The van der Waals surface area contributed by atoms with Gasteiger partial charge in [-0.1, -0.05) is 6.92 Å². The predicted molar refractivity (Wildman–Crippen MR) is 68.9 cm³/mol. The van der Waals surface area contributed by atoms with Gasteiger partial charge in [0.25, 0.3) is 0 Å². The van der Waals surface area contributed by atoms with E-state index in [9.17, 15) is 4.79 Å². The SMILES string of the molecule is CCC(=O)N1CCC(CN2CCNCC2)CC1. The summed E-state index contributed by atoms with van der Waals surface area (Å²) < 4.78 is 0. The molecule has 4 nitrogen and oxygen atoms in total. The lowest BCUT2D eigenvalue weighted by molar-refractivity contribution is -0.132. The normalized spacial score (nSPS) is 23.9. The van der Waals surface area contributed by atoms with Crippen molar-refractivity contribution in [2.75, 3.05) is 45.8 Å². The zero-order valence-corrected chi connectivity index (χ0v) is 11.0. The summed E-state index contributed by atoms with van der Waals surface area (Å²) in [6, 6.07) is 0. The van der Waals surface area contributed by atoms with E-state index in [4.69, 9.17) is 0 Å². The van der Waals surface area contributed by atoms with Crippen LogP contribution in [0.2, 0.25) is 0 Å². The molecule has 2 fully saturated rings. The molecule has 0 aliphatic carbocycles. The molecular formula is C13H25N3O. The molecule has 1 N–H and O–H groups in total. The van der Waals surface area contributed by atoms with Crippen LogP contribution in [0.4, 0.5) is 0 Å². The third-order valence-electron chi connectivity index (χ3n) is 4.00. The zero-order chi connectivity index (χ0) is 12.1. The molecule has 4 heteroatoms. The summed E-state index contributed by atoms with van der Waals surface area (Å²) in [7, 11) is 0. The number of rotatable bonds is 3. The topological polar surface area (TPSA) is 35.6 Å². The van der Waals surface area contributed by atoms with Crippen molar-refractivity contribution in [3.8, 4) is 0 Å². The highest BCUT2D eigenvalue weighted by Crippen LogP contribution is 2.19. The molecule has 2 aliphatic rings. The average molecular weight is 239 g/mol. The first-order chi connectivity index (χ1) is 8.29. The summed E-state index contributed by atoms with van der Waals surface area (Å²) in [5, 5.41) is 3.39. The summed E-state index contributed by atoms with van der Waals surface area (Å²) in [6.45, 7) is 9.78. The fraction of sp³-hybridized carbons (Fsp3) is 0.923. The van der Waals surface area contributed by atoms with Crippen LogP contribution in [-0.2, 0) is 4.79 Å². The summed E-state index contributed by atoms with van der Waals surface area (Å²) in [5.74, 6) is 1.12. The van der Waals surface area contributed by atoms with Gasteiger partial charge >= 0.3 is 0 Å². The van der Waals surface area contributed by atoms with Gasteiger partial charge in [-0.15, -0.1) is 0 Å². The number of hydrogen-bond donors (Lipinski definition) is 1. The fourth-order valence-electron chi connectivity index (χ4n) is 2.85. The van der Waals surface area contributed by atoms with E-state index in [2.05, 4.69) is 10.2 Å². The van der Waals surface area contributed by atoms with E-state index in [0.29, 0.717) is 12.3 Å². The highest BCUT2D eigenvalue weighted by atomic mass is 16.2. The number of carbonyl (C=O) groups is 1. The minimum Gasteiger partial charge on any atom is -0.343 e. The van der Waals surface area contributed by atoms with Gasteiger partial charge in [-0.3, -0.25) is 4.79 Å². The van der Waals surface area contributed by atoms with Gasteiger partial charge in [0.2, 0.25) is 5.91 Å². The van der Waals surface area contributed by atoms with Crippen LogP contribution in [0.25, 0.3) is 0 Å². The molecule has 2 heterocycles. The van der Waals surface area contributed by atoms with E-state index in [1.165, 1.54) is 32.5 Å². The van der Waals surface area contributed by atoms with E-state index in [-0.39, 0.29) is 0 Å². The van der Waals surface area contributed by atoms with Gasteiger partial charge in [0, 0.05) is 52.2 Å². The Bertz CT molecular complexity index is 243. The molecule has 0 spiro atoms. The van der Waals surface area contributed by atoms with Crippen molar-refractivity contribution in [3.63, 3.8) is 0 Å². The molecule has 0 saturated carbocycles. The van der Waals surface area contributed by atoms with Crippen LogP contribution in [0.1, 0.15) is 26.2 Å². The van der Waals surface area contributed by atoms with Crippen LogP contribution in [0.5, 0.6) is 0 Å². The number of nitrogens with one attached hydrogen (secondary N) is 1. The molecule has 17 heavy (non-hydrogen) atoms. The second-order valence-electron chi connectivity index (χ2n) is 5.23. The van der Waals surface area contributed by atoms with Gasteiger partial charge in [-0.25, -0.2) is 0 Å². The van der Waals surface area contributed by atoms with Crippen LogP contribution < -0.4 is 5.32 Å². The molecule has 0 bridgehead atoms. The molecule has 0 aromatic heterocycles. The largest absolute Gasteiger partial charge is 0.343 e. The van der Waals surface area contributed by atoms with Crippen molar-refractivity contribution in [2.45, 2.75) is 26.2 Å². The second kappa shape index (κ2) is 6.36. The zero-order valence-electron chi connectivity index (χ0n) is 11.0. The Morgan fingerprint density at radius 1 is 1.18 bits per heavy atom. The first-order valence-electron chi connectivity index (χ1n) is 7.00. The second-order valence-corrected chi connectivity index (χ2v) is 5.23. The van der Waals surface area contributed by atoms with Gasteiger partial charge in [-0.2, -0.15) is 0 Å². The molecule has 0 aromatic carbocycles. The minimum absolute atomic E-state index is 0.325. The van der Waals surface area contributed by atoms with Crippen molar-refractivity contribution in [1.82, 2.24) is 15.1 Å². The number of likely N-dealkylation sites (tertiary alicyclic amines) is 1. The molecule has 1 amide bonds. The summed E-state index contributed by atoms with van der Waals surface area (Å²) in [4.78, 5) is 16.2. The van der Waals surface area contributed by atoms with Crippen LogP contribution in [-0.4, -0.2) is 61.5 Å². The maximum absolute atomic E-state index is 11.6. The van der Waals surface area contributed by atoms with Crippen LogP contribution in [0, 0.1) is 5.92 Å². The molecule has 0 atom stereocenters. The number of carbonyl (C=O) groups excluding carboxylic acids is 1. The molecule has 2 rings (SSSR count). The number of hydrogen-bond acceptors (Lipinski definition) is 3. The number of piperazine rings is 1. The van der Waals surface area contributed by atoms with Crippen LogP contribution >= 0.6 is 0 Å². The molecule has 0 unspecified atom stereocenters. The molecule has 2 aliphatic heterocycles. The maximum Gasteiger partial charge on any atom is 0.222 e. The lowest BCUT2D eigenvalue weighted by atomic mass is 9.96. The Kier molecular flexibility index (Phi) is 4.80. The highest BCUT2D eigenvalue weighted by Gasteiger charge is 2.23. The van der Waals surface area contributed by atoms with Crippen LogP contribution in [0.15, 0.2) is 0 Å². The molecule has 0 aromatic rings. The van der Waals surface area contributed by atoms with Crippen molar-refractivity contribution in [2.24, 2.45) is 5.92 Å². The van der Waals surface area contributed by atoms with Crippen molar-refractivity contribution in [1.29, 1.82) is 0 Å². The first-order valence-corrected chi connectivity index (χ1v) is 7.00. The van der Waals surface area contributed by atoms with Crippen molar-refractivity contribution >= 4 is 5.91 Å². The van der Waals surface area contributed by atoms with E-state index in [0.717, 1.165) is 32.1 Å².